The van der Waals surface area contributed by atoms with Crippen molar-refractivity contribution in [3.05, 3.63) is 0 Å². The van der Waals surface area contributed by atoms with Gasteiger partial charge in [-0.1, -0.05) is 222 Å². The van der Waals surface area contributed by atoms with Crippen LogP contribution in [0.25, 0.3) is 0 Å². The molecule has 0 aromatic carbocycles. The number of carbonyl (C=O) groups is 4. The summed E-state index contributed by atoms with van der Waals surface area (Å²) in [5, 5.41) is 10.5. The molecule has 462 valence electrons. The lowest BCUT2D eigenvalue weighted by molar-refractivity contribution is -0.161. The van der Waals surface area contributed by atoms with Crippen LogP contribution in [0.5, 0.6) is 0 Å². The predicted octanol–water partition coefficient (Wildman–Crippen LogP) is 15.4. The van der Waals surface area contributed by atoms with Gasteiger partial charge in [0, 0.05) is 25.7 Å². The van der Waals surface area contributed by atoms with Crippen LogP contribution in [0.4, 0.5) is 0 Å². The first-order valence-electron chi connectivity index (χ1n) is 30.7. The summed E-state index contributed by atoms with van der Waals surface area (Å²) < 4.78 is 67.7. The molecule has 0 aliphatic carbocycles. The first-order chi connectivity index (χ1) is 37.1. The van der Waals surface area contributed by atoms with Gasteiger partial charge < -0.3 is 33.8 Å². The average Bonchev–Trinajstić information content (AvgIpc) is 3.36. The summed E-state index contributed by atoms with van der Waals surface area (Å²) in [4.78, 5) is 71.8. The normalized spacial score (nSPS) is 14.6. The van der Waals surface area contributed by atoms with E-state index in [-0.39, 0.29) is 25.7 Å². The van der Waals surface area contributed by atoms with E-state index in [4.69, 9.17) is 37.0 Å². The molecule has 3 N–H and O–H groups in total. The fraction of sp³-hybridized carbons (Fsp3) is 0.932. The molecule has 0 amide bonds. The third kappa shape index (κ3) is 53.4. The van der Waals surface area contributed by atoms with Crippen LogP contribution in [0.2, 0.25) is 0 Å². The Morgan fingerprint density at radius 2 is 0.538 bits per heavy atom. The quantitative estimate of drug-likeness (QED) is 0.0222. The number of hydrogen-bond acceptors (Lipinski definition) is 15. The molecule has 0 fully saturated rings. The second kappa shape index (κ2) is 49.7. The molecule has 19 heteroatoms. The van der Waals surface area contributed by atoms with Crippen molar-refractivity contribution < 1.29 is 80.2 Å². The summed E-state index contributed by atoms with van der Waals surface area (Å²) in [6, 6.07) is 0. The van der Waals surface area contributed by atoms with Crippen LogP contribution >= 0.6 is 15.6 Å². The zero-order valence-corrected chi connectivity index (χ0v) is 52.1. The molecule has 0 rings (SSSR count). The summed E-state index contributed by atoms with van der Waals surface area (Å²) in [6.45, 7) is 13.7. The van der Waals surface area contributed by atoms with Crippen LogP contribution in [0.3, 0.4) is 0 Å². The van der Waals surface area contributed by atoms with Gasteiger partial charge in [-0.25, -0.2) is 9.13 Å². The second-order valence-electron chi connectivity index (χ2n) is 23.3. The maximum atomic E-state index is 12.9. The highest BCUT2D eigenvalue weighted by Gasteiger charge is 2.30. The average molecular weight is 1160 g/mol. The van der Waals surface area contributed by atoms with E-state index >= 15 is 0 Å². The number of rotatable bonds is 56. The lowest BCUT2D eigenvalue weighted by Gasteiger charge is -2.21. The number of aliphatic hydroxyl groups is 1. The zero-order chi connectivity index (χ0) is 58.3. The van der Waals surface area contributed by atoms with E-state index in [1.807, 2.05) is 0 Å². The minimum atomic E-state index is -4.94. The molecular weight excluding hydrogens is 1040 g/mol. The Balaban J connectivity index is 5.24. The highest BCUT2D eigenvalue weighted by Crippen LogP contribution is 2.45. The van der Waals surface area contributed by atoms with Gasteiger partial charge in [-0.05, 0) is 49.4 Å². The summed E-state index contributed by atoms with van der Waals surface area (Å²) in [5.74, 6) is 0.596. The first kappa shape index (κ1) is 76.1. The number of hydrogen-bond donors (Lipinski definition) is 3. The van der Waals surface area contributed by atoms with Gasteiger partial charge in [-0.15, -0.1) is 0 Å². The molecule has 3 unspecified atom stereocenters. The number of carbonyl (C=O) groups excluding carboxylic acids is 4. The minimum Gasteiger partial charge on any atom is -0.462 e. The molecule has 0 heterocycles. The fourth-order valence-corrected chi connectivity index (χ4v) is 10.1. The molecule has 17 nitrogen and oxygen atoms in total. The molecular formula is C59H114O17P2. The number of esters is 4. The van der Waals surface area contributed by atoms with Gasteiger partial charge in [-0.3, -0.25) is 37.3 Å². The van der Waals surface area contributed by atoms with E-state index in [1.54, 1.807) is 0 Å². The van der Waals surface area contributed by atoms with Crippen LogP contribution in [0.15, 0.2) is 0 Å². The first-order valence-corrected chi connectivity index (χ1v) is 33.7. The highest BCUT2D eigenvalue weighted by molar-refractivity contribution is 7.47. The van der Waals surface area contributed by atoms with E-state index in [0.717, 1.165) is 103 Å². The Morgan fingerprint density at radius 1 is 0.321 bits per heavy atom. The zero-order valence-electron chi connectivity index (χ0n) is 50.3. The van der Waals surface area contributed by atoms with Crippen molar-refractivity contribution in [1.29, 1.82) is 0 Å². The van der Waals surface area contributed by atoms with Gasteiger partial charge in [0.05, 0.1) is 26.4 Å². The molecule has 0 aliphatic heterocycles. The van der Waals surface area contributed by atoms with E-state index in [9.17, 15) is 43.2 Å². The van der Waals surface area contributed by atoms with Gasteiger partial charge in [0.25, 0.3) is 0 Å². The maximum absolute atomic E-state index is 12.9. The number of phosphoric acid groups is 2. The molecule has 0 aliphatic rings. The number of unbranched alkanes of at least 4 members (excludes halogenated alkanes) is 22. The van der Waals surface area contributed by atoms with Crippen molar-refractivity contribution in [2.45, 2.75) is 292 Å². The van der Waals surface area contributed by atoms with Gasteiger partial charge in [0.15, 0.2) is 12.2 Å². The van der Waals surface area contributed by atoms with E-state index in [1.165, 1.54) is 64.2 Å². The molecule has 0 saturated carbocycles. The summed E-state index contributed by atoms with van der Waals surface area (Å²) in [6.07, 6.45) is 27.1. The molecule has 0 aromatic rings. The number of phosphoric ester groups is 2. The molecule has 5 atom stereocenters. The molecule has 0 aromatic heterocycles. The van der Waals surface area contributed by atoms with Crippen LogP contribution in [0.1, 0.15) is 274 Å². The molecule has 0 spiro atoms. The lowest BCUT2D eigenvalue weighted by Crippen LogP contribution is -2.30. The van der Waals surface area contributed by atoms with Gasteiger partial charge in [0.1, 0.15) is 19.3 Å². The Kier molecular flexibility index (Phi) is 48.4. The van der Waals surface area contributed by atoms with Gasteiger partial charge in [-0.2, -0.15) is 0 Å². The third-order valence-corrected chi connectivity index (χ3v) is 15.2. The molecule has 0 saturated heterocycles. The largest absolute Gasteiger partial charge is 0.472 e. The number of ether oxygens (including phenoxy) is 4. The Bertz CT molecular complexity index is 1580. The van der Waals surface area contributed by atoms with Crippen molar-refractivity contribution in [2.24, 2.45) is 23.7 Å². The van der Waals surface area contributed by atoms with Crippen LogP contribution in [-0.4, -0.2) is 96.7 Å². The van der Waals surface area contributed by atoms with Crippen molar-refractivity contribution in [2.75, 3.05) is 39.6 Å². The van der Waals surface area contributed by atoms with Gasteiger partial charge in [0.2, 0.25) is 0 Å². The standard InChI is InChI=1S/C59H114O17P2/c1-49(2)35-27-19-11-9-13-23-31-39-56(61)69-45-54(75-58(63)41-33-25-14-10-12-20-28-36-50(3)4)47-73-77(65,66)71-43-53(60)44-72-78(67,68)74-48-55(76-59(64)42-34-26-18-16-22-30-38-52(7)8)46-70-57(62)40-32-24-17-15-21-29-37-51(5)6/h49-55,60H,9-48H2,1-8H3,(H,65,66)(H,67,68)/t53?,54-,55-/m1/s1. The maximum Gasteiger partial charge on any atom is 0.472 e. The number of aliphatic hydroxyl groups excluding tert-OH is 1. The predicted molar refractivity (Wildman–Crippen MR) is 307 cm³/mol. The Hall–Kier alpha value is -1.94. The second-order valence-corrected chi connectivity index (χ2v) is 26.2. The van der Waals surface area contributed by atoms with Crippen molar-refractivity contribution in [1.82, 2.24) is 0 Å². The Morgan fingerprint density at radius 3 is 0.795 bits per heavy atom. The van der Waals surface area contributed by atoms with Gasteiger partial charge >= 0.3 is 39.5 Å². The lowest BCUT2D eigenvalue weighted by atomic mass is 10.0. The van der Waals surface area contributed by atoms with E-state index < -0.39 is 97.5 Å². The highest BCUT2D eigenvalue weighted by atomic mass is 31.2. The Labute approximate surface area is 473 Å². The minimum absolute atomic E-state index is 0.100. The van der Waals surface area contributed by atoms with E-state index in [2.05, 4.69) is 55.4 Å². The topological polar surface area (TPSA) is 237 Å². The SMILES string of the molecule is CC(C)CCCCCCCCCC(=O)OC[C@H](COP(=O)(O)OCC(O)COP(=O)(O)OC[C@@H](COC(=O)CCCCCCCCC(C)C)OC(=O)CCCCCCCCC(C)C)OC(=O)CCCCCCCCCC(C)C. The molecule has 78 heavy (non-hydrogen) atoms. The molecule has 0 bridgehead atoms. The third-order valence-electron chi connectivity index (χ3n) is 13.3. The van der Waals surface area contributed by atoms with Crippen molar-refractivity contribution >= 4 is 39.5 Å². The van der Waals surface area contributed by atoms with Crippen molar-refractivity contribution in [3.63, 3.8) is 0 Å². The van der Waals surface area contributed by atoms with Crippen LogP contribution < -0.4 is 0 Å². The summed E-state index contributed by atoms with van der Waals surface area (Å²) in [5.41, 5.74) is 0. The van der Waals surface area contributed by atoms with Crippen LogP contribution in [-0.2, 0) is 65.4 Å². The molecule has 0 radical (unpaired) electrons. The fourth-order valence-electron chi connectivity index (χ4n) is 8.55. The van der Waals surface area contributed by atoms with E-state index in [0.29, 0.717) is 49.4 Å². The smallest absolute Gasteiger partial charge is 0.462 e. The van der Waals surface area contributed by atoms with Crippen molar-refractivity contribution in [3.8, 4) is 0 Å². The monoisotopic (exact) mass is 1160 g/mol. The summed E-state index contributed by atoms with van der Waals surface area (Å²) in [7, 11) is -9.88. The summed E-state index contributed by atoms with van der Waals surface area (Å²) >= 11 is 0. The van der Waals surface area contributed by atoms with Crippen LogP contribution in [0, 0.1) is 23.7 Å².